The second kappa shape index (κ2) is 7.13. The molecule has 0 saturated carbocycles. The maximum Gasteiger partial charge on any atom is 0.255 e. The number of benzene rings is 2. The molecule has 0 unspecified atom stereocenters. The summed E-state index contributed by atoms with van der Waals surface area (Å²) in [5.74, 6) is 0.365. The molecule has 1 N–H and O–H groups in total. The average molecular weight is 498 g/mol. The number of amides is 1. The zero-order chi connectivity index (χ0) is 15.6. The first-order valence-electron chi connectivity index (χ1n) is 5.71. The molecule has 0 atom stereocenters. The fraction of sp³-hybridized carbons (Fsp3) is 0.0714. The highest BCUT2D eigenvalue weighted by molar-refractivity contribution is 9.11. The number of hydrogen-bond acceptors (Lipinski definition) is 2. The molecular formula is C14H9Br3ClNO2. The first kappa shape index (κ1) is 16.8. The van der Waals surface area contributed by atoms with E-state index in [1.54, 1.807) is 31.4 Å². The highest BCUT2D eigenvalue weighted by Gasteiger charge is 2.12. The third-order valence-corrected chi connectivity index (χ3v) is 4.57. The van der Waals surface area contributed by atoms with Gasteiger partial charge in [-0.3, -0.25) is 4.79 Å². The lowest BCUT2D eigenvalue weighted by Crippen LogP contribution is -2.12. The number of carbonyl (C=O) groups is 1. The van der Waals surface area contributed by atoms with Gasteiger partial charge in [-0.25, -0.2) is 0 Å². The largest absolute Gasteiger partial charge is 0.495 e. The fourth-order valence-electron chi connectivity index (χ4n) is 1.66. The standard InChI is InChI=1S/C14H9Br3ClNO2/c1-21-13-6-12(10(16)5-11(13)17)19-14(20)7-2-8(15)4-9(18)3-7/h2-6H,1H3,(H,19,20). The molecule has 2 rings (SSSR count). The van der Waals surface area contributed by atoms with E-state index in [9.17, 15) is 4.79 Å². The maximum absolute atomic E-state index is 12.3. The molecule has 0 fully saturated rings. The lowest BCUT2D eigenvalue weighted by molar-refractivity contribution is 0.102. The Labute approximate surface area is 152 Å². The van der Waals surface area contributed by atoms with Crippen molar-refractivity contribution in [2.45, 2.75) is 0 Å². The van der Waals surface area contributed by atoms with E-state index in [0.29, 0.717) is 22.0 Å². The lowest BCUT2D eigenvalue weighted by Gasteiger charge is -2.11. The minimum Gasteiger partial charge on any atom is -0.495 e. The van der Waals surface area contributed by atoms with Crippen LogP contribution in [0.3, 0.4) is 0 Å². The van der Waals surface area contributed by atoms with Crippen LogP contribution < -0.4 is 10.1 Å². The molecule has 3 nitrogen and oxygen atoms in total. The van der Waals surface area contributed by atoms with Crippen molar-refractivity contribution in [2.24, 2.45) is 0 Å². The van der Waals surface area contributed by atoms with Crippen molar-refractivity contribution in [3.8, 4) is 5.75 Å². The molecule has 2 aromatic rings. The minimum absolute atomic E-state index is 0.261. The van der Waals surface area contributed by atoms with Crippen LogP contribution in [0.15, 0.2) is 43.7 Å². The average Bonchev–Trinajstić information content (AvgIpc) is 2.40. The van der Waals surface area contributed by atoms with Crippen LogP contribution in [-0.4, -0.2) is 13.0 Å². The highest BCUT2D eigenvalue weighted by Crippen LogP contribution is 2.34. The van der Waals surface area contributed by atoms with Crippen molar-refractivity contribution in [3.05, 3.63) is 54.3 Å². The summed E-state index contributed by atoms with van der Waals surface area (Å²) in [6.07, 6.45) is 0. The summed E-state index contributed by atoms with van der Waals surface area (Å²) < 4.78 is 7.49. The van der Waals surface area contributed by atoms with E-state index >= 15 is 0 Å². The van der Waals surface area contributed by atoms with Gasteiger partial charge in [0.15, 0.2) is 0 Å². The number of carbonyl (C=O) groups excluding carboxylic acids is 1. The number of halogens is 4. The summed E-state index contributed by atoms with van der Waals surface area (Å²) in [5.41, 5.74) is 1.07. The van der Waals surface area contributed by atoms with Crippen molar-refractivity contribution in [1.29, 1.82) is 0 Å². The molecule has 0 radical (unpaired) electrons. The molecule has 2 aromatic carbocycles. The van der Waals surface area contributed by atoms with Crippen LogP contribution in [0.25, 0.3) is 0 Å². The van der Waals surface area contributed by atoms with E-state index < -0.39 is 0 Å². The number of anilines is 1. The Bertz CT molecular complexity index is 687. The predicted molar refractivity (Wildman–Crippen MR) is 95.5 cm³/mol. The Morgan fingerprint density at radius 3 is 2.43 bits per heavy atom. The third-order valence-electron chi connectivity index (χ3n) is 2.61. The van der Waals surface area contributed by atoms with E-state index in [1.165, 1.54) is 0 Å². The molecule has 21 heavy (non-hydrogen) atoms. The highest BCUT2D eigenvalue weighted by atomic mass is 79.9. The second-order valence-electron chi connectivity index (χ2n) is 4.08. The molecule has 0 saturated heterocycles. The zero-order valence-electron chi connectivity index (χ0n) is 10.7. The maximum atomic E-state index is 12.3. The van der Waals surface area contributed by atoms with Crippen molar-refractivity contribution in [3.63, 3.8) is 0 Å². The number of hydrogen-bond donors (Lipinski definition) is 1. The first-order valence-corrected chi connectivity index (χ1v) is 8.47. The van der Waals surface area contributed by atoms with Crippen molar-refractivity contribution < 1.29 is 9.53 Å². The third kappa shape index (κ3) is 4.22. The van der Waals surface area contributed by atoms with Gasteiger partial charge < -0.3 is 10.1 Å². The molecule has 0 aliphatic heterocycles. The van der Waals surface area contributed by atoms with Crippen LogP contribution in [0.1, 0.15) is 10.4 Å². The van der Waals surface area contributed by atoms with Crippen molar-refractivity contribution in [2.75, 3.05) is 12.4 Å². The van der Waals surface area contributed by atoms with Crippen LogP contribution >= 0.6 is 59.4 Å². The fourth-order valence-corrected chi connectivity index (χ4v) is 3.78. The molecule has 1 amide bonds. The quantitative estimate of drug-likeness (QED) is 0.574. The van der Waals surface area contributed by atoms with Gasteiger partial charge in [0, 0.05) is 25.6 Å². The van der Waals surface area contributed by atoms with Gasteiger partial charge in [-0.15, -0.1) is 0 Å². The van der Waals surface area contributed by atoms with E-state index in [1.807, 2.05) is 6.07 Å². The topological polar surface area (TPSA) is 38.3 Å². The molecule has 0 spiro atoms. The molecule has 0 aliphatic carbocycles. The van der Waals surface area contributed by atoms with E-state index in [0.717, 1.165) is 13.4 Å². The Morgan fingerprint density at radius 1 is 1.10 bits per heavy atom. The Balaban J connectivity index is 2.31. The van der Waals surface area contributed by atoms with Gasteiger partial charge in [0.1, 0.15) is 5.75 Å². The Morgan fingerprint density at radius 2 is 1.81 bits per heavy atom. The van der Waals surface area contributed by atoms with Gasteiger partial charge in [-0.05, 0) is 56.1 Å². The van der Waals surface area contributed by atoms with Crippen LogP contribution in [0.2, 0.25) is 5.02 Å². The first-order chi connectivity index (χ1) is 9.90. The smallest absolute Gasteiger partial charge is 0.255 e. The second-order valence-corrected chi connectivity index (χ2v) is 7.14. The SMILES string of the molecule is COc1cc(NC(=O)c2cc(Cl)cc(Br)c2)c(Br)cc1Br. The number of nitrogens with one attached hydrogen (secondary N) is 1. The van der Waals surface area contributed by atoms with Gasteiger partial charge in [-0.1, -0.05) is 27.5 Å². The van der Waals surface area contributed by atoms with Gasteiger partial charge in [0.05, 0.1) is 17.3 Å². The number of rotatable bonds is 3. The Hall–Kier alpha value is -0.560. The van der Waals surface area contributed by atoms with E-state index in [-0.39, 0.29) is 5.91 Å². The van der Waals surface area contributed by atoms with Crippen molar-refractivity contribution in [1.82, 2.24) is 0 Å². The number of methoxy groups -OCH3 is 1. The van der Waals surface area contributed by atoms with E-state index in [4.69, 9.17) is 16.3 Å². The summed E-state index contributed by atoms with van der Waals surface area (Å²) in [6.45, 7) is 0. The van der Waals surface area contributed by atoms with Gasteiger partial charge >= 0.3 is 0 Å². The molecule has 7 heteroatoms. The van der Waals surface area contributed by atoms with E-state index in [2.05, 4.69) is 53.1 Å². The Kier molecular flexibility index (Phi) is 5.71. The van der Waals surface area contributed by atoms with Crippen molar-refractivity contribution >= 4 is 71.0 Å². The van der Waals surface area contributed by atoms with Crippen LogP contribution in [0.5, 0.6) is 5.75 Å². The molecule has 0 aromatic heterocycles. The molecule has 0 heterocycles. The van der Waals surface area contributed by atoms with Crippen LogP contribution in [0.4, 0.5) is 5.69 Å². The summed E-state index contributed by atoms with van der Waals surface area (Å²) >= 11 is 16.1. The molecule has 0 aliphatic rings. The summed E-state index contributed by atoms with van der Waals surface area (Å²) in [6, 6.07) is 8.56. The predicted octanol–water partition coefficient (Wildman–Crippen LogP) is 5.89. The minimum atomic E-state index is -0.261. The molecule has 0 bridgehead atoms. The summed E-state index contributed by atoms with van der Waals surface area (Å²) in [7, 11) is 1.56. The van der Waals surface area contributed by atoms with Gasteiger partial charge in [-0.2, -0.15) is 0 Å². The number of ether oxygens (including phenoxy) is 1. The van der Waals surface area contributed by atoms with Crippen LogP contribution in [0, 0.1) is 0 Å². The molecular weight excluding hydrogens is 489 g/mol. The normalized spacial score (nSPS) is 10.3. The van der Waals surface area contributed by atoms with Gasteiger partial charge in [0.2, 0.25) is 0 Å². The van der Waals surface area contributed by atoms with Gasteiger partial charge in [0.25, 0.3) is 5.91 Å². The van der Waals surface area contributed by atoms with Crippen LogP contribution in [-0.2, 0) is 0 Å². The summed E-state index contributed by atoms with van der Waals surface area (Å²) in [5, 5.41) is 3.30. The lowest BCUT2D eigenvalue weighted by atomic mass is 10.2. The monoisotopic (exact) mass is 495 g/mol. The summed E-state index contributed by atoms with van der Waals surface area (Å²) in [4.78, 5) is 12.3. The molecule has 110 valence electrons. The zero-order valence-corrected chi connectivity index (χ0v) is 16.2.